The second-order valence-corrected chi connectivity index (χ2v) is 8.81. The molecular weight excluding hydrogens is 490 g/mol. The van der Waals surface area contributed by atoms with Crippen molar-refractivity contribution in [3.63, 3.8) is 0 Å². The van der Waals surface area contributed by atoms with Crippen LogP contribution in [0.15, 0.2) is 6.33 Å². The van der Waals surface area contributed by atoms with E-state index < -0.39 is 30.4 Å². The molecule has 36 heavy (non-hydrogen) atoms. The molecule has 2 unspecified atom stereocenters. The summed E-state index contributed by atoms with van der Waals surface area (Å²) in [4.78, 5) is 39.0. The molecule has 0 saturated carbocycles. The fourth-order valence-corrected chi connectivity index (χ4v) is 4.47. The normalized spacial score (nSPS) is 24.3. The summed E-state index contributed by atoms with van der Waals surface area (Å²) in [6.45, 7) is 3.23. The minimum absolute atomic E-state index is 0.0566. The van der Waals surface area contributed by atoms with E-state index in [1.807, 2.05) is 4.90 Å². The van der Waals surface area contributed by atoms with E-state index in [-0.39, 0.29) is 34.7 Å². The Morgan fingerprint density at radius 3 is 2.69 bits per heavy atom. The van der Waals surface area contributed by atoms with Gasteiger partial charge in [0, 0.05) is 19.6 Å². The summed E-state index contributed by atoms with van der Waals surface area (Å²) in [5, 5.41) is 23.4. The molecule has 2 saturated heterocycles. The van der Waals surface area contributed by atoms with Gasteiger partial charge in [0.05, 0.1) is 19.4 Å². The van der Waals surface area contributed by atoms with Gasteiger partial charge in [0.1, 0.15) is 17.7 Å². The fraction of sp³-hybridized carbons (Fsp3) is 0.545. The number of aliphatic hydroxyl groups excluding tert-OH is 2. The second-order valence-electron chi connectivity index (χ2n) is 8.42. The smallest absolute Gasteiger partial charge is 0.308 e. The highest BCUT2D eigenvalue weighted by Gasteiger charge is 2.47. The molecule has 0 aliphatic carbocycles. The number of piperidine rings is 1. The van der Waals surface area contributed by atoms with E-state index in [1.54, 1.807) is 6.92 Å². The Kier molecular flexibility index (Phi) is 7.65. The van der Waals surface area contributed by atoms with Crippen LogP contribution in [0.1, 0.15) is 31.8 Å². The van der Waals surface area contributed by atoms with E-state index in [4.69, 9.17) is 27.4 Å². The number of nitrogens with one attached hydrogen (secondary N) is 1. The van der Waals surface area contributed by atoms with Crippen LogP contribution in [0.3, 0.4) is 0 Å². The lowest BCUT2D eigenvalue weighted by molar-refractivity contribution is -0.146. The summed E-state index contributed by atoms with van der Waals surface area (Å²) < 4.78 is 11.8. The average molecular weight is 518 g/mol. The standard InChI is InChI=1S/C22H27N7O6S/c1-3-24-20(32)17-15(30)16(31)21(35-17)29-10-25-14-18(23)26-12(27-19(14)29)4-5-13(36)28-8-6-11(7-9-28)22(33)34-2/h10-11,15-17,21,30-31H,3,6-9H2,1-2H3,(H,24,32)(H2,23,26,27)/t15?,16?,17-,21+/m0/s1. The zero-order valence-corrected chi connectivity index (χ0v) is 20.6. The first-order valence-electron chi connectivity index (χ1n) is 11.4. The van der Waals surface area contributed by atoms with Gasteiger partial charge in [0.25, 0.3) is 5.91 Å². The van der Waals surface area contributed by atoms with Crippen molar-refractivity contribution < 1.29 is 29.3 Å². The minimum atomic E-state index is -1.45. The molecule has 2 fully saturated rings. The van der Waals surface area contributed by atoms with E-state index in [2.05, 4.69) is 32.1 Å². The number of amides is 1. The number of ether oxygens (including phenoxy) is 2. The molecule has 192 valence electrons. The lowest BCUT2D eigenvalue weighted by atomic mass is 9.97. The molecule has 4 atom stereocenters. The molecular formula is C22H27N7O6S. The van der Waals surface area contributed by atoms with E-state index in [9.17, 15) is 19.8 Å². The van der Waals surface area contributed by atoms with Crippen LogP contribution in [0.5, 0.6) is 0 Å². The molecule has 5 N–H and O–H groups in total. The highest BCUT2D eigenvalue weighted by atomic mass is 32.1. The number of nitrogen functional groups attached to an aromatic ring is 1. The van der Waals surface area contributed by atoms with Crippen molar-refractivity contribution in [3.8, 4) is 11.8 Å². The van der Waals surface area contributed by atoms with Crippen LogP contribution >= 0.6 is 12.2 Å². The molecule has 2 aromatic rings. The van der Waals surface area contributed by atoms with Crippen LogP contribution in [-0.4, -0.2) is 96.6 Å². The molecule has 2 aromatic heterocycles. The SMILES string of the molecule is CCNC(=O)[C@H]1O[C@@H](n2cnc3c(N)nc(C#CC(=S)N4CCC(C(=O)OC)CC4)nc32)C(O)C1O. The van der Waals surface area contributed by atoms with Crippen LogP contribution in [0.2, 0.25) is 0 Å². The highest BCUT2D eigenvalue weighted by molar-refractivity contribution is 7.80. The number of methoxy groups -OCH3 is 1. The Morgan fingerprint density at radius 2 is 2.03 bits per heavy atom. The van der Waals surface area contributed by atoms with Crippen LogP contribution in [-0.2, 0) is 19.1 Å². The number of hydrogen-bond donors (Lipinski definition) is 4. The largest absolute Gasteiger partial charge is 0.469 e. The fourth-order valence-electron chi connectivity index (χ4n) is 4.23. The number of carbonyl (C=O) groups excluding carboxylic acids is 2. The Morgan fingerprint density at radius 1 is 1.31 bits per heavy atom. The van der Waals surface area contributed by atoms with Gasteiger partial charge < -0.3 is 35.6 Å². The molecule has 0 spiro atoms. The number of fused-ring (bicyclic) bond motifs is 1. The van der Waals surface area contributed by atoms with Crippen molar-refractivity contribution in [1.82, 2.24) is 29.7 Å². The predicted molar refractivity (Wildman–Crippen MR) is 130 cm³/mol. The van der Waals surface area contributed by atoms with Crippen molar-refractivity contribution in [2.45, 2.75) is 44.3 Å². The molecule has 0 bridgehead atoms. The number of carbonyl (C=O) groups is 2. The lowest BCUT2D eigenvalue weighted by Gasteiger charge is -2.30. The number of aliphatic hydroxyl groups is 2. The molecule has 4 rings (SSSR count). The Balaban J connectivity index is 1.53. The molecule has 0 aromatic carbocycles. The number of nitrogens with two attached hydrogens (primary N) is 1. The van der Waals surface area contributed by atoms with Gasteiger partial charge in [-0.1, -0.05) is 12.2 Å². The predicted octanol–water partition coefficient (Wildman–Crippen LogP) is -1.27. The van der Waals surface area contributed by atoms with Crippen molar-refractivity contribution in [1.29, 1.82) is 0 Å². The van der Waals surface area contributed by atoms with E-state index in [1.165, 1.54) is 18.0 Å². The Bertz CT molecular complexity index is 1230. The lowest BCUT2D eigenvalue weighted by Crippen LogP contribution is -2.42. The number of anilines is 1. The molecule has 4 heterocycles. The van der Waals surface area contributed by atoms with Crippen molar-refractivity contribution in [2.75, 3.05) is 32.5 Å². The van der Waals surface area contributed by atoms with Crippen molar-refractivity contribution in [3.05, 3.63) is 12.2 Å². The zero-order chi connectivity index (χ0) is 26.0. The van der Waals surface area contributed by atoms with Gasteiger partial charge in [0.2, 0.25) is 5.82 Å². The van der Waals surface area contributed by atoms with Gasteiger partial charge in [0.15, 0.2) is 28.8 Å². The zero-order valence-electron chi connectivity index (χ0n) is 19.7. The number of aromatic nitrogens is 4. The minimum Gasteiger partial charge on any atom is -0.469 e. The summed E-state index contributed by atoms with van der Waals surface area (Å²) in [5.74, 6) is 4.89. The first-order valence-corrected chi connectivity index (χ1v) is 11.8. The number of likely N-dealkylation sites (N-methyl/N-ethyl adjacent to an activating group) is 1. The maximum atomic E-state index is 12.2. The highest BCUT2D eigenvalue weighted by Crippen LogP contribution is 2.32. The van der Waals surface area contributed by atoms with Gasteiger partial charge >= 0.3 is 5.97 Å². The first-order chi connectivity index (χ1) is 17.2. The van der Waals surface area contributed by atoms with Gasteiger partial charge in [-0.3, -0.25) is 14.2 Å². The summed E-state index contributed by atoms with van der Waals surface area (Å²) >= 11 is 5.43. The Labute approximate surface area is 212 Å². The number of thiocarbonyl (C=S) groups is 1. The molecule has 2 aliphatic rings. The number of imidazole rings is 1. The maximum Gasteiger partial charge on any atom is 0.308 e. The number of likely N-dealkylation sites (tertiary alicyclic amines) is 1. The molecule has 14 heteroatoms. The average Bonchev–Trinajstić information content (AvgIpc) is 3.43. The third-order valence-electron chi connectivity index (χ3n) is 6.17. The number of nitrogens with zero attached hydrogens (tertiary/aromatic N) is 5. The molecule has 1 amide bonds. The summed E-state index contributed by atoms with van der Waals surface area (Å²) in [7, 11) is 1.38. The summed E-state index contributed by atoms with van der Waals surface area (Å²) in [5.41, 5.74) is 6.52. The molecule has 0 radical (unpaired) electrons. The van der Waals surface area contributed by atoms with Gasteiger partial charge in [-0.25, -0.2) is 15.0 Å². The first kappa shape index (κ1) is 25.7. The quantitative estimate of drug-likeness (QED) is 0.215. The van der Waals surface area contributed by atoms with E-state index in [0.29, 0.717) is 37.5 Å². The second kappa shape index (κ2) is 10.7. The number of hydrogen-bond acceptors (Lipinski definition) is 11. The maximum absolute atomic E-state index is 12.2. The van der Waals surface area contributed by atoms with Crippen LogP contribution in [0.4, 0.5) is 5.82 Å². The number of rotatable bonds is 4. The summed E-state index contributed by atoms with van der Waals surface area (Å²) in [6, 6.07) is 0. The molecule has 13 nitrogen and oxygen atoms in total. The van der Waals surface area contributed by atoms with Crippen molar-refractivity contribution >= 4 is 46.1 Å². The monoisotopic (exact) mass is 517 g/mol. The van der Waals surface area contributed by atoms with Crippen LogP contribution in [0.25, 0.3) is 11.2 Å². The van der Waals surface area contributed by atoms with Crippen LogP contribution in [0, 0.1) is 17.8 Å². The summed E-state index contributed by atoms with van der Waals surface area (Å²) in [6.07, 6.45) is -2.68. The van der Waals surface area contributed by atoms with E-state index >= 15 is 0 Å². The Hall–Kier alpha value is -3.38. The topological polar surface area (TPSA) is 178 Å². The van der Waals surface area contributed by atoms with E-state index in [0.717, 1.165) is 0 Å². The molecule has 2 aliphatic heterocycles. The number of esters is 1. The third kappa shape index (κ3) is 4.96. The van der Waals surface area contributed by atoms with Gasteiger partial charge in [-0.15, -0.1) is 0 Å². The third-order valence-corrected chi connectivity index (χ3v) is 6.53. The van der Waals surface area contributed by atoms with Crippen molar-refractivity contribution in [2.24, 2.45) is 5.92 Å². The van der Waals surface area contributed by atoms with Gasteiger partial charge in [-0.05, 0) is 31.6 Å². The van der Waals surface area contributed by atoms with Crippen LogP contribution < -0.4 is 11.1 Å². The van der Waals surface area contributed by atoms with Gasteiger partial charge in [-0.2, -0.15) is 0 Å².